The summed E-state index contributed by atoms with van der Waals surface area (Å²) in [6.07, 6.45) is 3.35. The predicted octanol–water partition coefficient (Wildman–Crippen LogP) is 4.00. The minimum Gasteiger partial charge on any atom is -0.503 e. The van der Waals surface area contributed by atoms with Gasteiger partial charge in [-0.2, -0.15) is 0 Å². The van der Waals surface area contributed by atoms with Crippen LogP contribution in [0.3, 0.4) is 0 Å². The molecule has 0 spiro atoms. The molecule has 5 heteroatoms. The average molecular weight is 326 g/mol. The fourth-order valence-corrected chi connectivity index (χ4v) is 3.22. The lowest BCUT2D eigenvalue weighted by Crippen LogP contribution is -2.43. The molecule has 1 amide bonds. The van der Waals surface area contributed by atoms with E-state index in [9.17, 15) is 9.90 Å². The zero-order chi connectivity index (χ0) is 16.3. The molecule has 3 atom stereocenters. The number of benzene rings is 1. The van der Waals surface area contributed by atoms with Crippen molar-refractivity contribution >= 4 is 17.5 Å². The highest BCUT2D eigenvalue weighted by molar-refractivity contribution is 6.32. The number of carbonyl (C=O) groups is 1. The van der Waals surface area contributed by atoms with Gasteiger partial charge in [0.2, 0.25) is 0 Å². The summed E-state index contributed by atoms with van der Waals surface area (Å²) < 4.78 is 5.32. The van der Waals surface area contributed by atoms with Crippen molar-refractivity contribution < 1.29 is 14.6 Å². The number of phenols is 1. The Hall–Kier alpha value is -1.42. The third-order valence-corrected chi connectivity index (χ3v) is 4.90. The van der Waals surface area contributed by atoms with Crippen LogP contribution in [0, 0.1) is 11.8 Å². The lowest BCUT2D eigenvalue weighted by Gasteiger charge is -2.34. The van der Waals surface area contributed by atoms with Gasteiger partial charge in [-0.1, -0.05) is 38.3 Å². The molecule has 0 bridgehead atoms. The third-order valence-electron chi connectivity index (χ3n) is 4.61. The Morgan fingerprint density at radius 3 is 2.82 bits per heavy atom. The van der Waals surface area contributed by atoms with E-state index in [1.165, 1.54) is 18.6 Å². The minimum absolute atomic E-state index is 0.125. The van der Waals surface area contributed by atoms with E-state index in [1.54, 1.807) is 0 Å². The highest BCUT2D eigenvalue weighted by Crippen LogP contribution is 2.35. The van der Waals surface area contributed by atoms with E-state index in [-0.39, 0.29) is 28.5 Å². The van der Waals surface area contributed by atoms with E-state index in [2.05, 4.69) is 19.2 Å². The van der Waals surface area contributed by atoms with E-state index in [4.69, 9.17) is 16.3 Å². The van der Waals surface area contributed by atoms with Crippen LogP contribution in [0.5, 0.6) is 11.5 Å². The summed E-state index contributed by atoms with van der Waals surface area (Å²) in [6, 6.07) is 3.20. The fraction of sp³-hybridized carbons (Fsp3) is 0.588. The number of hydrogen-bond acceptors (Lipinski definition) is 3. The smallest absolute Gasteiger partial charge is 0.251 e. The summed E-state index contributed by atoms with van der Waals surface area (Å²) in [5.74, 6) is 1.01. The predicted molar refractivity (Wildman–Crippen MR) is 87.7 cm³/mol. The first-order valence-electron chi connectivity index (χ1n) is 7.90. The zero-order valence-corrected chi connectivity index (χ0v) is 14.1. The molecule has 2 rings (SSSR count). The summed E-state index contributed by atoms with van der Waals surface area (Å²) in [6.45, 7) is 6.62. The summed E-state index contributed by atoms with van der Waals surface area (Å²) in [7, 11) is 0. The Bertz CT molecular complexity index is 547. The number of nitrogens with one attached hydrogen (secondary N) is 1. The van der Waals surface area contributed by atoms with Gasteiger partial charge in [0.25, 0.3) is 5.91 Å². The molecule has 0 radical (unpaired) electrons. The van der Waals surface area contributed by atoms with Gasteiger partial charge < -0.3 is 15.2 Å². The first kappa shape index (κ1) is 16.9. The maximum absolute atomic E-state index is 12.5. The van der Waals surface area contributed by atoms with E-state index in [0.717, 1.165) is 12.8 Å². The highest BCUT2D eigenvalue weighted by Gasteiger charge is 2.28. The van der Waals surface area contributed by atoms with Gasteiger partial charge in [0, 0.05) is 11.6 Å². The van der Waals surface area contributed by atoms with Gasteiger partial charge in [-0.25, -0.2) is 0 Å². The van der Waals surface area contributed by atoms with Gasteiger partial charge >= 0.3 is 0 Å². The average Bonchev–Trinajstić information content (AvgIpc) is 2.48. The SMILES string of the molecule is CCOc1cc(C(=O)NC2CCCC(C)C2C)cc(Cl)c1O. The van der Waals surface area contributed by atoms with E-state index in [0.29, 0.717) is 24.0 Å². The molecule has 1 aliphatic rings. The van der Waals surface area contributed by atoms with Crippen molar-refractivity contribution in [2.75, 3.05) is 6.61 Å². The first-order valence-corrected chi connectivity index (χ1v) is 8.28. The number of hydrogen-bond donors (Lipinski definition) is 2. The van der Waals surface area contributed by atoms with E-state index >= 15 is 0 Å². The minimum atomic E-state index is -0.172. The van der Waals surface area contributed by atoms with Crippen LogP contribution in [0.2, 0.25) is 5.02 Å². The largest absolute Gasteiger partial charge is 0.503 e. The van der Waals surface area contributed by atoms with Crippen molar-refractivity contribution in [2.24, 2.45) is 11.8 Å². The van der Waals surface area contributed by atoms with Gasteiger partial charge in [0.1, 0.15) is 0 Å². The quantitative estimate of drug-likeness (QED) is 0.879. The number of halogens is 1. The monoisotopic (exact) mass is 325 g/mol. The second-order valence-electron chi connectivity index (χ2n) is 6.09. The third kappa shape index (κ3) is 3.67. The molecule has 0 saturated heterocycles. The van der Waals surface area contributed by atoms with Gasteiger partial charge in [0.05, 0.1) is 11.6 Å². The lowest BCUT2D eigenvalue weighted by atomic mass is 9.78. The maximum atomic E-state index is 12.5. The van der Waals surface area contributed by atoms with Gasteiger partial charge in [0.15, 0.2) is 11.5 Å². The molecule has 1 aliphatic carbocycles. The van der Waals surface area contributed by atoms with Crippen LogP contribution in [-0.4, -0.2) is 23.7 Å². The fourth-order valence-electron chi connectivity index (χ4n) is 3.01. The molecule has 22 heavy (non-hydrogen) atoms. The number of phenolic OH excluding ortho intramolecular Hbond substituents is 1. The summed E-state index contributed by atoms with van der Waals surface area (Å²) in [5, 5.41) is 13.1. The molecule has 0 aliphatic heterocycles. The van der Waals surface area contributed by atoms with Gasteiger partial charge in [-0.15, -0.1) is 0 Å². The molecule has 1 saturated carbocycles. The molecule has 0 heterocycles. The number of rotatable bonds is 4. The Morgan fingerprint density at radius 2 is 2.14 bits per heavy atom. The zero-order valence-electron chi connectivity index (χ0n) is 13.4. The maximum Gasteiger partial charge on any atom is 0.251 e. The number of amides is 1. The molecule has 2 N–H and O–H groups in total. The molecule has 122 valence electrons. The van der Waals surface area contributed by atoms with Gasteiger partial charge in [-0.05, 0) is 37.3 Å². The second-order valence-corrected chi connectivity index (χ2v) is 6.49. The van der Waals surface area contributed by atoms with Crippen LogP contribution in [0.25, 0.3) is 0 Å². The lowest BCUT2D eigenvalue weighted by molar-refractivity contribution is 0.0890. The second kappa shape index (κ2) is 7.23. The Labute approximate surface area is 136 Å². The van der Waals surface area contributed by atoms with Crippen molar-refractivity contribution in [3.8, 4) is 11.5 Å². The van der Waals surface area contributed by atoms with E-state index in [1.807, 2.05) is 6.92 Å². The van der Waals surface area contributed by atoms with E-state index < -0.39 is 0 Å². The highest BCUT2D eigenvalue weighted by atomic mass is 35.5. The molecular weight excluding hydrogens is 302 g/mol. The molecule has 1 aromatic rings. The molecule has 1 fully saturated rings. The summed E-state index contributed by atoms with van der Waals surface area (Å²) in [5.41, 5.74) is 0.414. The molecule has 3 unspecified atom stereocenters. The Balaban J connectivity index is 2.15. The first-order chi connectivity index (χ1) is 10.4. The number of aromatic hydroxyl groups is 1. The van der Waals surface area contributed by atoms with Crippen LogP contribution in [0.15, 0.2) is 12.1 Å². The number of ether oxygens (including phenoxy) is 1. The van der Waals surface area contributed by atoms with Crippen molar-refractivity contribution in [3.63, 3.8) is 0 Å². The van der Waals surface area contributed by atoms with Crippen molar-refractivity contribution in [1.29, 1.82) is 0 Å². The topological polar surface area (TPSA) is 58.6 Å². The van der Waals surface area contributed by atoms with Crippen LogP contribution in [0.1, 0.15) is 50.4 Å². The Kier molecular flexibility index (Phi) is 5.57. The molecule has 1 aromatic carbocycles. The van der Waals surface area contributed by atoms with Crippen molar-refractivity contribution in [2.45, 2.75) is 46.1 Å². The number of carbonyl (C=O) groups excluding carboxylic acids is 1. The van der Waals surface area contributed by atoms with Crippen molar-refractivity contribution in [3.05, 3.63) is 22.7 Å². The summed E-state index contributed by atoms with van der Waals surface area (Å²) >= 11 is 5.98. The summed E-state index contributed by atoms with van der Waals surface area (Å²) in [4.78, 5) is 12.5. The normalized spacial score (nSPS) is 24.8. The van der Waals surface area contributed by atoms with Crippen LogP contribution >= 0.6 is 11.6 Å². The van der Waals surface area contributed by atoms with Crippen LogP contribution in [-0.2, 0) is 0 Å². The molecule has 4 nitrogen and oxygen atoms in total. The van der Waals surface area contributed by atoms with Crippen LogP contribution in [0.4, 0.5) is 0 Å². The van der Waals surface area contributed by atoms with Gasteiger partial charge in [-0.3, -0.25) is 4.79 Å². The van der Waals surface area contributed by atoms with Crippen molar-refractivity contribution in [1.82, 2.24) is 5.32 Å². The standard InChI is InChI=1S/C17H24ClNO3/c1-4-22-15-9-12(8-13(18)16(15)20)17(21)19-14-7-5-6-10(2)11(14)3/h8-11,14,20H,4-7H2,1-3H3,(H,19,21). The van der Waals surface area contributed by atoms with Crippen LogP contribution < -0.4 is 10.1 Å². The molecule has 0 aromatic heterocycles. The molecular formula is C17H24ClNO3. The Morgan fingerprint density at radius 1 is 1.41 bits per heavy atom.